The van der Waals surface area contributed by atoms with Gasteiger partial charge in [0.15, 0.2) is 0 Å². The standard InChI is InChI=1S/C26H25N5O2/c1-16-8-3-6-11-22(16)32-13-7-12-31-15-20(18-9-4-5-10-21(18)31)24-19(14-27)25(28)33-26-23(24)17(2)29-30-26/h3-6,8-11,15,24H,7,12-13,28H2,1-2H3,(H,29,30). The minimum atomic E-state index is -0.341. The van der Waals surface area contributed by atoms with E-state index in [1.54, 1.807) is 0 Å². The van der Waals surface area contributed by atoms with Gasteiger partial charge in [-0.05, 0) is 43.5 Å². The molecule has 0 saturated carbocycles. The average Bonchev–Trinajstić information content (AvgIpc) is 3.37. The van der Waals surface area contributed by atoms with Gasteiger partial charge in [0.25, 0.3) is 0 Å². The van der Waals surface area contributed by atoms with E-state index in [2.05, 4.69) is 39.2 Å². The Morgan fingerprint density at radius 1 is 1.18 bits per heavy atom. The molecule has 0 amide bonds. The van der Waals surface area contributed by atoms with Gasteiger partial charge in [-0.3, -0.25) is 5.10 Å². The zero-order chi connectivity index (χ0) is 22.9. The highest BCUT2D eigenvalue weighted by Crippen LogP contribution is 2.45. The Morgan fingerprint density at radius 3 is 2.79 bits per heavy atom. The number of nitrogens with one attached hydrogen (secondary N) is 1. The SMILES string of the molecule is Cc1ccccc1OCCCn1cc(C2C(C#N)=C(N)Oc3n[nH]c(C)c32)c2ccccc21. The minimum absolute atomic E-state index is 0.102. The van der Waals surface area contributed by atoms with Gasteiger partial charge in [-0.1, -0.05) is 36.4 Å². The lowest BCUT2D eigenvalue weighted by Gasteiger charge is -2.23. The van der Waals surface area contributed by atoms with Crippen molar-refractivity contribution in [3.63, 3.8) is 0 Å². The van der Waals surface area contributed by atoms with Gasteiger partial charge in [0.2, 0.25) is 11.8 Å². The summed E-state index contributed by atoms with van der Waals surface area (Å²) in [7, 11) is 0. The lowest BCUT2D eigenvalue weighted by atomic mass is 9.84. The number of rotatable bonds is 6. The molecule has 33 heavy (non-hydrogen) atoms. The van der Waals surface area contributed by atoms with Crippen molar-refractivity contribution in [3.05, 3.63) is 88.6 Å². The molecule has 1 atom stereocenters. The van der Waals surface area contributed by atoms with E-state index in [1.807, 2.05) is 50.2 Å². The minimum Gasteiger partial charge on any atom is -0.493 e. The Labute approximate surface area is 192 Å². The number of benzene rings is 2. The first-order valence-corrected chi connectivity index (χ1v) is 11.0. The maximum absolute atomic E-state index is 9.91. The number of aryl methyl sites for hydroxylation is 3. The van der Waals surface area contributed by atoms with E-state index in [0.29, 0.717) is 18.1 Å². The second kappa shape index (κ2) is 8.40. The fourth-order valence-electron chi connectivity index (χ4n) is 4.54. The summed E-state index contributed by atoms with van der Waals surface area (Å²) in [5.41, 5.74) is 11.5. The third-order valence-electron chi connectivity index (χ3n) is 6.15. The van der Waals surface area contributed by atoms with Gasteiger partial charge in [0, 0.05) is 34.9 Å². The van der Waals surface area contributed by atoms with E-state index in [1.165, 1.54) is 0 Å². The number of ether oxygens (including phenoxy) is 2. The lowest BCUT2D eigenvalue weighted by Crippen LogP contribution is -2.21. The van der Waals surface area contributed by atoms with Gasteiger partial charge in [0.1, 0.15) is 17.4 Å². The fourth-order valence-corrected chi connectivity index (χ4v) is 4.54. The largest absolute Gasteiger partial charge is 0.493 e. The second-order valence-corrected chi connectivity index (χ2v) is 8.25. The molecule has 2 aromatic heterocycles. The van der Waals surface area contributed by atoms with Crippen LogP contribution in [0.5, 0.6) is 11.6 Å². The highest BCUT2D eigenvalue weighted by Gasteiger charge is 2.35. The molecule has 0 aliphatic carbocycles. The summed E-state index contributed by atoms with van der Waals surface area (Å²) in [4.78, 5) is 0. The van der Waals surface area contributed by atoms with Crippen LogP contribution in [0.3, 0.4) is 0 Å². The molecular formula is C26H25N5O2. The third kappa shape index (κ3) is 3.60. The first kappa shape index (κ1) is 20.7. The number of aromatic nitrogens is 3. The number of nitriles is 1. The maximum Gasteiger partial charge on any atom is 0.244 e. The van der Waals surface area contributed by atoms with Crippen LogP contribution in [0.15, 0.2) is 66.2 Å². The van der Waals surface area contributed by atoms with Crippen molar-refractivity contribution in [1.82, 2.24) is 14.8 Å². The number of hydrogen-bond acceptors (Lipinski definition) is 5. The van der Waals surface area contributed by atoms with Crippen LogP contribution in [-0.4, -0.2) is 21.4 Å². The first-order chi connectivity index (χ1) is 16.1. The Bertz CT molecular complexity index is 1410. The van der Waals surface area contributed by atoms with Crippen molar-refractivity contribution in [2.24, 2.45) is 5.73 Å². The molecule has 1 aliphatic rings. The van der Waals surface area contributed by atoms with Crippen molar-refractivity contribution in [2.45, 2.75) is 32.7 Å². The van der Waals surface area contributed by atoms with Gasteiger partial charge in [-0.2, -0.15) is 5.26 Å². The highest BCUT2D eigenvalue weighted by atomic mass is 16.5. The van der Waals surface area contributed by atoms with E-state index in [9.17, 15) is 5.26 Å². The van der Waals surface area contributed by atoms with E-state index in [4.69, 9.17) is 15.2 Å². The molecule has 5 rings (SSSR count). The first-order valence-electron chi connectivity index (χ1n) is 11.0. The second-order valence-electron chi connectivity index (χ2n) is 8.25. The summed E-state index contributed by atoms with van der Waals surface area (Å²) in [5, 5.41) is 18.2. The third-order valence-corrected chi connectivity index (χ3v) is 6.15. The molecule has 2 aromatic carbocycles. The number of nitrogens with zero attached hydrogens (tertiary/aromatic N) is 3. The van der Waals surface area contributed by atoms with E-state index >= 15 is 0 Å². The average molecular weight is 440 g/mol. The van der Waals surface area contributed by atoms with Crippen LogP contribution in [0, 0.1) is 25.2 Å². The van der Waals surface area contributed by atoms with Crippen molar-refractivity contribution in [1.29, 1.82) is 5.26 Å². The number of nitrogens with two attached hydrogens (primary N) is 1. The van der Waals surface area contributed by atoms with Crippen molar-refractivity contribution in [3.8, 4) is 17.7 Å². The summed E-state index contributed by atoms with van der Waals surface area (Å²) >= 11 is 0. The Kier molecular flexibility index (Phi) is 5.27. The predicted molar refractivity (Wildman–Crippen MR) is 126 cm³/mol. The van der Waals surface area contributed by atoms with Gasteiger partial charge in [-0.25, -0.2) is 0 Å². The molecule has 0 fully saturated rings. The van der Waals surface area contributed by atoms with Crippen LogP contribution in [0.1, 0.15) is 34.7 Å². The van der Waals surface area contributed by atoms with Gasteiger partial charge in [0.05, 0.1) is 12.5 Å². The van der Waals surface area contributed by atoms with Crippen LogP contribution >= 0.6 is 0 Å². The topological polar surface area (TPSA) is 102 Å². The Hall–Kier alpha value is -4.18. The van der Waals surface area contributed by atoms with Crippen molar-refractivity contribution in [2.75, 3.05) is 6.61 Å². The molecule has 7 nitrogen and oxygen atoms in total. The zero-order valence-corrected chi connectivity index (χ0v) is 18.6. The quantitative estimate of drug-likeness (QED) is 0.425. The van der Waals surface area contributed by atoms with E-state index < -0.39 is 0 Å². The zero-order valence-electron chi connectivity index (χ0n) is 18.6. The van der Waals surface area contributed by atoms with Crippen LogP contribution in [0.2, 0.25) is 0 Å². The van der Waals surface area contributed by atoms with Gasteiger partial charge >= 0.3 is 0 Å². The van der Waals surface area contributed by atoms with Crippen LogP contribution in [0.25, 0.3) is 10.9 Å². The predicted octanol–water partition coefficient (Wildman–Crippen LogP) is 4.67. The van der Waals surface area contributed by atoms with Crippen LogP contribution in [0.4, 0.5) is 0 Å². The fraction of sp³-hybridized carbons (Fsp3) is 0.231. The normalized spacial score (nSPS) is 15.2. The molecule has 0 spiro atoms. The van der Waals surface area contributed by atoms with Gasteiger partial charge < -0.3 is 19.8 Å². The Morgan fingerprint density at radius 2 is 1.97 bits per heavy atom. The molecular weight excluding hydrogens is 414 g/mol. The summed E-state index contributed by atoms with van der Waals surface area (Å²) in [5.74, 6) is 1.11. The smallest absolute Gasteiger partial charge is 0.244 e. The molecule has 166 valence electrons. The number of H-pyrrole nitrogens is 1. The summed E-state index contributed by atoms with van der Waals surface area (Å²) in [6.07, 6.45) is 2.97. The van der Waals surface area contributed by atoms with Gasteiger partial charge in [-0.15, -0.1) is 5.10 Å². The summed E-state index contributed by atoms with van der Waals surface area (Å²) in [6.45, 7) is 5.38. The molecule has 0 radical (unpaired) electrons. The van der Waals surface area contributed by atoms with Crippen molar-refractivity contribution < 1.29 is 9.47 Å². The number of hydrogen-bond donors (Lipinski definition) is 2. The molecule has 7 heteroatoms. The van der Waals surface area contributed by atoms with Crippen LogP contribution < -0.4 is 15.2 Å². The highest BCUT2D eigenvalue weighted by molar-refractivity contribution is 5.86. The maximum atomic E-state index is 9.91. The monoisotopic (exact) mass is 439 g/mol. The molecule has 1 aliphatic heterocycles. The number of allylic oxidation sites excluding steroid dienone is 1. The van der Waals surface area contributed by atoms with E-state index in [0.717, 1.165) is 52.0 Å². The number of aromatic amines is 1. The van der Waals surface area contributed by atoms with Crippen LogP contribution in [-0.2, 0) is 6.54 Å². The molecule has 3 N–H and O–H groups in total. The van der Waals surface area contributed by atoms with E-state index in [-0.39, 0.29) is 11.8 Å². The summed E-state index contributed by atoms with van der Waals surface area (Å²) in [6, 6.07) is 18.5. The summed E-state index contributed by atoms with van der Waals surface area (Å²) < 4.78 is 13.8. The lowest BCUT2D eigenvalue weighted by molar-refractivity contribution is 0.301. The molecule has 0 saturated heterocycles. The van der Waals surface area contributed by atoms with Crippen molar-refractivity contribution >= 4 is 10.9 Å². The number of fused-ring (bicyclic) bond motifs is 2. The molecule has 4 aromatic rings. The number of para-hydroxylation sites is 2. The molecule has 1 unspecified atom stereocenters. The Balaban J connectivity index is 1.48. The molecule has 3 heterocycles. The molecule has 0 bridgehead atoms.